The summed E-state index contributed by atoms with van der Waals surface area (Å²) in [5.74, 6) is -1.05. The number of hydrazine groups is 1. The zero-order valence-corrected chi connectivity index (χ0v) is 20.3. The standard InChI is InChI=1S/C29H28N2O6/c32-25-18-10-11-19-29(25,26(33)24-16-8-3-9-17-24)31(28(35)37-21-23-14-6-2-7-15-23)30-27(34)36-20-22-12-4-1-5-13-22/h1-9,12-17H,10-11,18-21H2,(H,30,34)/t29-/m1/s1. The average molecular weight is 501 g/mol. The molecule has 1 fully saturated rings. The Hall–Kier alpha value is -4.46. The predicted octanol–water partition coefficient (Wildman–Crippen LogP) is 5.23. The fraction of sp³-hybridized carbons (Fsp3) is 0.241. The normalized spacial score (nSPS) is 16.9. The largest absolute Gasteiger partial charge is 0.443 e. The summed E-state index contributed by atoms with van der Waals surface area (Å²) in [4.78, 5) is 53.6. The first-order valence-corrected chi connectivity index (χ1v) is 12.1. The summed E-state index contributed by atoms with van der Waals surface area (Å²) in [7, 11) is 0. The van der Waals surface area contributed by atoms with Crippen LogP contribution in [0.4, 0.5) is 9.59 Å². The van der Waals surface area contributed by atoms with Crippen LogP contribution >= 0.6 is 0 Å². The molecule has 0 bridgehead atoms. The maximum atomic E-state index is 13.9. The van der Waals surface area contributed by atoms with E-state index in [1.165, 1.54) is 0 Å². The van der Waals surface area contributed by atoms with E-state index in [0.29, 0.717) is 18.4 Å². The van der Waals surface area contributed by atoms with Crippen LogP contribution in [0.25, 0.3) is 0 Å². The summed E-state index contributed by atoms with van der Waals surface area (Å²) < 4.78 is 10.8. The number of hydrogen-bond donors (Lipinski definition) is 1. The van der Waals surface area contributed by atoms with Gasteiger partial charge in [-0.2, -0.15) is 5.01 Å². The molecule has 4 rings (SSSR count). The molecule has 37 heavy (non-hydrogen) atoms. The van der Waals surface area contributed by atoms with Crippen LogP contribution in [0, 0.1) is 0 Å². The minimum Gasteiger partial charge on any atom is -0.443 e. The van der Waals surface area contributed by atoms with Crippen LogP contribution in [-0.4, -0.2) is 34.3 Å². The smallest absolute Gasteiger partial charge is 0.430 e. The second-order valence-electron chi connectivity index (χ2n) is 8.73. The fourth-order valence-electron chi connectivity index (χ4n) is 4.35. The molecule has 0 aromatic heterocycles. The van der Waals surface area contributed by atoms with Gasteiger partial charge in [0.15, 0.2) is 17.1 Å². The van der Waals surface area contributed by atoms with E-state index in [1.54, 1.807) is 78.9 Å². The van der Waals surface area contributed by atoms with Gasteiger partial charge < -0.3 is 9.47 Å². The van der Waals surface area contributed by atoms with Crippen molar-refractivity contribution in [2.24, 2.45) is 0 Å². The topological polar surface area (TPSA) is 102 Å². The van der Waals surface area contributed by atoms with Gasteiger partial charge in [-0.3, -0.25) is 9.59 Å². The van der Waals surface area contributed by atoms with Crippen molar-refractivity contribution in [3.05, 3.63) is 108 Å². The molecule has 3 aromatic carbocycles. The molecular formula is C29H28N2O6. The summed E-state index contributed by atoms with van der Waals surface area (Å²) in [6, 6.07) is 26.2. The van der Waals surface area contributed by atoms with Gasteiger partial charge in [-0.25, -0.2) is 15.0 Å². The number of ketones is 2. The van der Waals surface area contributed by atoms with Crippen LogP contribution in [-0.2, 0) is 27.5 Å². The number of rotatable bonds is 7. The minimum atomic E-state index is -1.96. The Morgan fingerprint density at radius 2 is 1.30 bits per heavy atom. The quantitative estimate of drug-likeness (QED) is 0.271. The van der Waals surface area contributed by atoms with Crippen LogP contribution in [0.15, 0.2) is 91.0 Å². The van der Waals surface area contributed by atoms with Crippen molar-refractivity contribution < 1.29 is 28.7 Å². The van der Waals surface area contributed by atoms with Gasteiger partial charge in [0.1, 0.15) is 13.2 Å². The molecule has 8 nitrogen and oxygen atoms in total. The third-order valence-electron chi connectivity index (χ3n) is 6.25. The monoisotopic (exact) mass is 500 g/mol. The van der Waals surface area contributed by atoms with Crippen molar-refractivity contribution >= 4 is 23.8 Å². The maximum Gasteiger partial charge on any atom is 0.430 e. The SMILES string of the molecule is O=C(NN(C(=O)OCc1ccccc1)[C@]1(C(=O)c2ccccc2)CCCCC1=O)OCc1ccccc1. The van der Waals surface area contributed by atoms with Crippen molar-refractivity contribution in [2.75, 3.05) is 0 Å². The Morgan fingerprint density at radius 1 is 0.757 bits per heavy atom. The van der Waals surface area contributed by atoms with Crippen LogP contribution in [0.1, 0.15) is 47.2 Å². The minimum absolute atomic E-state index is 0.0406. The molecule has 190 valence electrons. The van der Waals surface area contributed by atoms with Crippen molar-refractivity contribution in [1.82, 2.24) is 10.4 Å². The fourth-order valence-corrected chi connectivity index (χ4v) is 4.35. The lowest BCUT2D eigenvalue weighted by Gasteiger charge is -2.42. The highest BCUT2D eigenvalue weighted by molar-refractivity contribution is 6.20. The number of amides is 2. The Kier molecular flexibility index (Phi) is 8.30. The number of nitrogens with one attached hydrogen (secondary N) is 1. The lowest BCUT2D eigenvalue weighted by Crippen LogP contribution is -2.68. The van der Waals surface area contributed by atoms with E-state index in [2.05, 4.69) is 5.43 Å². The molecule has 1 aliphatic rings. The van der Waals surface area contributed by atoms with Gasteiger partial charge in [-0.1, -0.05) is 91.0 Å². The number of ether oxygens (including phenoxy) is 2. The van der Waals surface area contributed by atoms with E-state index in [-0.39, 0.29) is 31.6 Å². The molecule has 1 aliphatic carbocycles. The molecule has 1 N–H and O–H groups in total. The summed E-state index contributed by atoms with van der Waals surface area (Å²) >= 11 is 0. The van der Waals surface area contributed by atoms with Crippen molar-refractivity contribution in [2.45, 2.75) is 44.4 Å². The Balaban J connectivity index is 1.64. The van der Waals surface area contributed by atoms with Crippen molar-refractivity contribution in [3.8, 4) is 0 Å². The zero-order chi connectivity index (χ0) is 26.1. The van der Waals surface area contributed by atoms with Crippen LogP contribution < -0.4 is 5.43 Å². The van der Waals surface area contributed by atoms with Crippen molar-refractivity contribution in [1.29, 1.82) is 0 Å². The van der Waals surface area contributed by atoms with Gasteiger partial charge in [0.05, 0.1) is 0 Å². The van der Waals surface area contributed by atoms with Gasteiger partial charge in [-0.15, -0.1) is 0 Å². The van der Waals surface area contributed by atoms with Crippen molar-refractivity contribution in [3.63, 3.8) is 0 Å². The number of nitrogens with zero attached hydrogens (tertiary/aromatic N) is 1. The third-order valence-corrected chi connectivity index (χ3v) is 6.25. The Labute approximate surface area is 215 Å². The van der Waals surface area contributed by atoms with E-state index < -0.39 is 29.3 Å². The molecule has 1 atom stereocenters. The van der Waals surface area contributed by atoms with Gasteiger partial charge >= 0.3 is 12.2 Å². The predicted molar refractivity (Wildman–Crippen MR) is 135 cm³/mol. The first-order chi connectivity index (χ1) is 18.0. The third kappa shape index (κ3) is 6.03. The molecule has 0 saturated heterocycles. The first-order valence-electron chi connectivity index (χ1n) is 12.1. The summed E-state index contributed by atoms with van der Waals surface area (Å²) in [6.07, 6.45) is -0.804. The second kappa shape index (κ2) is 12.0. The average Bonchev–Trinajstić information content (AvgIpc) is 2.95. The highest BCUT2D eigenvalue weighted by Crippen LogP contribution is 2.34. The summed E-state index contributed by atoms with van der Waals surface area (Å²) in [5.41, 5.74) is 2.10. The van der Waals surface area contributed by atoms with E-state index in [4.69, 9.17) is 9.47 Å². The maximum absolute atomic E-state index is 13.9. The second-order valence-corrected chi connectivity index (χ2v) is 8.73. The van der Waals surface area contributed by atoms with Gasteiger partial charge in [0, 0.05) is 12.0 Å². The highest BCUT2D eigenvalue weighted by atomic mass is 16.6. The van der Waals surface area contributed by atoms with Crippen LogP contribution in [0.3, 0.4) is 0 Å². The number of carbonyl (C=O) groups excluding carboxylic acids is 4. The van der Waals surface area contributed by atoms with Gasteiger partial charge in [0.2, 0.25) is 0 Å². The molecule has 0 aliphatic heterocycles. The molecule has 0 radical (unpaired) electrons. The Morgan fingerprint density at radius 3 is 1.86 bits per heavy atom. The van der Waals surface area contributed by atoms with E-state index >= 15 is 0 Å². The molecule has 2 amide bonds. The summed E-state index contributed by atoms with van der Waals surface area (Å²) in [6.45, 7) is -0.173. The Bertz CT molecular complexity index is 1230. The number of Topliss-reactive ketones (excluding diaryl/α,β-unsaturated/α-hetero) is 2. The summed E-state index contributed by atoms with van der Waals surface area (Å²) in [5, 5.41) is 0.736. The van der Waals surface area contributed by atoms with Gasteiger partial charge in [0.25, 0.3) is 0 Å². The number of benzene rings is 3. The first kappa shape index (κ1) is 25.6. The van der Waals surface area contributed by atoms with Crippen LogP contribution in [0.2, 0.25) is 0 Å². The van der Waals surface area contributed by atoms with E-state index in [9.17, 15) is 19.2 Å². The lowest BCUT2D eigenvalue weighted by molar-refractivity contribution is -0.131. The molecular weight excluding hydrogens is 472 g/mol. The zero-order valence-electron chi connectivity index (χ0n) is 20.3. The molecule has 0 unspecified atom stereocenters. The molecule has 0 heterocycles. The van der Waals surface area contributed by atoms with Crippen LogP contribution in [0.5, 0.6) is 0 Å². The highest BCUT2D eigenvalue weighted by Gasteiger charge is 2.55. The molecule has 1 saturated carbocycles. The lowest BCUT2D eigenvalue weighted by atomic mass is 9.75. The van der Waals surface area contributed by atoms with E-state index in [1.807, 2.05) is 12.1 Å². The molecule has 8 heteroatoms. The molecule has 3 aromatic rings. The van der Waals surface area contributed by atoms with E-state index in [0.717, 1.165) is 10.6 Å². The number of hydrogen-bond acceptors (Lipinski definition) is 6. The van der Waals surface area contributed by atoms with Gasteiger partial charge in [-0.05, 0) is 30.4 Å². The molecule has 0 spiro atoms. The number of carbonyl (C=O) groups is 4.